The number of carboxylic acids is 1. The van der Waals surface area contributed by atoms with E-state index >= 15 is 0 Å². The van der Waals surface area contributed by atoms with Gasteiger partial charge in [0.25, 0.3) is 0 Å². The van der Waals surface area contributed by atoms with Gasteiger partial charge < -0.3 is 5.11 Å². The molecule has 0 heterocycles. The Kier molecular flexibility index (Phi) is 3.25. The van der Waals surface area contributed by atoms with E-state index in [9.17, 15) is 4.79 Å². The molecule has 2 nitrogen and oxygen atoms in total. The predicted molar refractivity (Wildman–Crippen MR) is 99.0 cm³/mol. The lowest BCUT2D eigenvalue weighted by atomic mass is 9.49. The highest BCUT2D eigenvalue weighted by Crippen LogP contribution is 2.71. The second-order valence-corrected chi connectivity index (χ2v) is 9.71. The molecule has 0 spiro atoms. The van der Waals surface area contributed by atoms with Crippen molar-refractivity contribution in [3.05, 3.63) is 34.9 Å². The van der Waals surface area contributed by atoms with Crippen LogP contribution in [0.2, 0.25) is 0 Å². The molecule has 0 radical (unpaired) electrons. The molecule has 0 amide bonds. The van der Waals surface area contributed by atoms with Crippen molar-refractivity contribution in [2.24, 2.45) is 34.5 Å². The number of allylic oxidation sites excluding steroid dienone is 6. The molecule has 25 heavy (non-hydrogen) atoms. The molecule has 1 N–H and O–H groups in total. The number of rotatable bonds is 3. The van der Waals surface area contributed by atoms with E-state index in [-0.39, 0.29) is 5.41 Å². The van der Waals surface area contributed by atoms with Gasteiger partial charge in [0, 0.05) is 11.8 Å². The summed E-state index contributed by atoms with van der Waals surface area (Å²) in [5, 5.41) is 9.13. The van der Waals surface area contributed by atoms with E-state index in [1.807, 2.05) is 0 Å². The standard InChI is InChI=1S/C23H30O2/c1-22-12-10-19-21(18(22)8-6-14(22)7-9-20(24)25)16-13-15(16)17-5-3-4-11-23(17,19)2/h4-5,11,14,18-19,21H,3,6-10,12-13H2,1-2H3,(H,24,25)/t14-,18+,19+,21+,22-,23+/m1/s1. The van der Waals surface area contributed by atoms with Gasteiger partial charge in [-0.25, -0.2) is 0 Å². The van der Waals surface area contributed by atoms with Gasteiger partial charge in [-0.15, -0.1) is 0 Å². The van der Waals surface area contributed by atoms with Crippen molar-refractivity contribution >= 4 is 5.97 Å². The highest BCUT2D eigenvalue weighted by atomic mass is 16.4. The first-order chi connectivity index (χ1) is 11.9. The number of carbonyl (C=O) groups is 1. The van der Waals surface area contributed by atoms with Crippen molar-refractivity contribution in [1.82, 2.24) is 0 Å². The first kappa shape index (κ1) is 15.9. The van der Waals surface area contributed by atoms with Crippen molar-refractivity contribution in [2.75, 3.05) is 0 Å². The summed E-state index contributed by atoms with van der Waals surface area (Å²) < 4.78 is 0. The molecule has 0 unspecified atom stereocenters. The normalized spacial score (nSPS) is 46.7. The summed E-state index contributed by atoms with van der Waals surface area (Å²) in [7, 11) is 0. The third kappa shape index (κ3) is 2.06. The highest BCUT2D eigenvalue weighted by Gasteiger charge is 2.62. The van der Waals surface area contributed by atoms with Crippen molar-refractivity contribution in [3.8, 4) is 0 Å². The van der Waals surface area contributed by atoms with Gasteiger partial charge in [-0.05, 0) is 85.2 Å². The van der Waals surface area contributed by atoms with Crippen LogP contribution in [0.5, 0.6) is 0 Å². The molecule has 0 aromatic carbocycles. The number of fused-ring (bicyclic) bond motifs is 7. The first-order valence-corrected chi connectivity index (χ1v) is 10.3. The molecule has 6 atom stereocenters. The molecule has 134 valence electrons. The molecular weight excluding hydrogens is 308 g/mol. The van der Waals surface area contributed by atoms with Crippen LogP contribution in [0.15, 0.2) is 34.9 Å². The summed E-state index contributed by atoms with van der Waals surface area (Å²) in [5.74, 6) is 2.32. The fraction of sp³-hybridized carbons (Fsp3) is 0.696. The fourth-order valence-corrected chi connectivity index (χ4v) is 7.49. The van der Waals surface area contributed by atoms with Crippen molar-refractivity contribution in [1.29, 1.82) is 0 Å². The Morgan fingerprint density at radius 2 is 2.08 bits per heavy atom. The predicted octanol–water partition coefficient (Wildman–Crippen LogP) is 5.52. The van der Waals surface area contributed by atoms with E-state index in [0.717, 1.165) is 30.6 Å². The van der Waals surface area contributed by atoms with E-state index in [4.69, 9.17) is 5.11 Å². The van der Waals surface area contributed by atoms with Gasteiger partial charge in [-0.2, -0.15) is 0 Å². The first-order valence-electron chi connectivity index (χ1n) is 10.3. The molecule has 0 aliphatic heterocycles. The van der Waals surface area contributed by atoms with E-state index in [2.05, 4.69) is 32.1 Å². The lowest BCUT2D eigenvalue weighted by Gasteiger charge is -2.55. The highest BCUT2D eigenvalue weighted by molar-refractivity contribution is 5.66. The van der Waals surface area contributed by atoms with Gasteiger partial charge >= 0.3 is 5.97 Å². The molecule has 2 saturated carbocycles. The molecule has 5 rings (SSSR count). The lowest BCUT2D eigenvalue weighted by molar-refractivity contribution is -0.137. The summed E-state index contributed by atoms with van der Waals surface area (Å²) in [6.07, 6.45) is 16.2. The smallest absolute Gasteiger partial charge is 0.303 e. The molecule has 0 aromatic rings. The number of aliphatic carboxylic acids is 1. The van der Waals surface area contributed by atoms with Crippen LogP contribution in [0.4, 0.5) is 0 Å². The Bertz CT molecular complexity index is 726. The topological polar surface area (TPSA) is 37.3 Å². The molecule has 5 aliphatic carbocycles. The van der Waals surface area contributed by atoms with Gasteiger partial charge in [0.2, 0.25) is 0 Å². The van der Waals surface area contributed by atoms with Gasteiger partial charge in [0.05, 0.1) is 0 Å². The molecule has 0 saturated heterocycles. The Hall–Kier alpha value is -1.31. The maximum Gasteiger partial charge on any atom is 0.303 e. The summed E-state index contributed by atoms with van der Waals surface area (Å²) in [4.78, 5) is 11.1. The Labute approximate surface area is 151 Å². The molecule has 2 heteroatoms. The maximum absolute atomic E-state index is 11.1. The average Bonchev–Trinajstić information content (AvgIpc) is 3.28. The molecule has 5 aliphatic rings. The quantitative estimate of drug-likeness (QED) is 0.688. The van der Waals surface area contributed by atoms with Crippen molar-refractivity contribution in [2.45, 2.75) is 65.2 Å². The minimum absolute atomic E-state index is 0.263. The van der Waals surface area contributed by atoms with Crippen LogP contribution in [0.1, 0.15) is 65.2 Å². The minimum Gasteiger partial charge on any atom is -0.481 e. The monoisotopic (exact) mass is 338 g/mol. The number of hydrogen-bond donors (Lipinski definition) is 1. The second-order valence-electron chi connectivity index (χ2n) is 9.71. The summed E-state index contributed by atoms with van der Waals surface area (Å²) in [6.45, 7) is 4.99. The molecule has 0 bridgehead atoms. The van der Waals surface area contributed by atoms with E-state index in [0.29, 0.717) is 17.8 Å². The molecular formula is C23H30O2. The van der Waals surface area contributed by atoms with Crippen LogP contribution in [0, 0.1) is 34.5 Å². The summed E-state index contributed by atoms with van der Waals surface area (Å²) in [6, 6.07) is 0. The van der Waals surface area contributed by atoms with Crippen molar-refractivity contribution in [3.63, 3.8) is 0 Å². The van der Waals surface area contributed by atoms with Gasteiger partial charge in [0.1, 0.15) is 0 Å². The summed E-state index contributed by atoms with van der Waals surface area (Å²) >= 11 is 0. The lowest BCUT2D eigenvalue weighted by Crippen LogP contribution is -2.47. The second kappa shape index (κ2) is 5.11. The zero-order valence-corrected chi connectivity index (χ0v) is 15.6. The van der Waals surface area contributed by atoms with Crippen LogP contribution in [-0.4, -0.2) is 11.1 Å². The zero-order chi connectivity index (χ0) is 17.4. The Balaban J connectivity index is 1.49. The van der Waals surface area contributed by atoms with E-state index in [1.165, 1.54) is 32.1 Å². The SMILES string of the molecule is C[C@]12CC[C@H]3[C@@H](C4=C(C4)C4=CCC=C[C@@]43C)[C@@H]1CC[C@@H]2CCC(=O)O. The Morgan fingerprint density at radius 1 is 1.24 bits per heavy atom. The number of hydrogen-bond acceptors (Lipinski definition) is 1. The fourth-order valence-electron chi connectivity index (χ4n) is 7.49. The minimum atomic E-state index is -0.625. The van der Waals surface area contributed by atoms with E-state index in [1.54, 1.807) is 16.7 Å². The van der Waals surface area contributed by atoms with E-state index < -0.39 is 5.97 Å². The third-order valence-electron chi connectivity index (χ3n) is 8.80. The number of carboxylic acid groups (broad SMARTS) is 1. The van der Waals surface area contributed by atoms with Crippen LogP contribution in [0.3, 0.4) is 0 Å². The zero-order valence-electron chi connectivity index (χ0n) is 15.6. The van der Waals surface area contributed by atoms with Crippen LogP contribution in [-0.2, 0) is 4.79 Å². The van der Waals surface area contributed by atoms with Crippen LogP contribution in [0.25, 0.3) is 0 Å². The third-order valence-corrected chi connectivity index (χ3v) is 8.80. The average molecular weight is 338 g/mol. The maximum atomic E-state index is 11.1. The van der Waals surface area contributed by atoms with Gasteiger partial charge in [-0.3, -0.25) is 4.79 Å². The summed E-state index contributed by atoms with van der Waals surface area (Å²) in [5.41, 5.74) is 5.78. The molecule has 2 fully saturated rings. The molecule has 0 aromatic heterocycles. The largest absolute Gasteiger partial charge is 0.481 e. The van der Waals surface area contributed by atoms with Crippen LogP contribution < -0.4 is 0 Å². The van der Waals surface area contributed by atoms with Crippen LogP contribution >= 0.6 is 0 Å². The van der Waals surface area contributed by atoms with Gasteiger partial charge in [0.15, 0.2) is 0 Å². The van der Waals surface area contributed by atoms with Crippen molar-refractivity contribution < 1.29 is 9.90 Å². The Morgan fingerprint density at radius 3 is 2.88 bits per heavy atom. The van der Waals surface area contributed by atoms with Gasteiger partial charge in [-0.1, -0.05) is 37.6 Å².